The van der Waals surface area contributed by atoms with Crippen molar-refractivity contribution < 1.29 is 17.9 Å². The second kappa shape index (κ2) is 11.2. The highest BCUT2D eigenvalue weighted by Crippen LogP contribution is 2.35. The summed E-state index contributed by atoms with van der Waals surface area (Å²) in [5, 5.41) is 11.4. The van der Waals surface area contributed by atoms with Gasteiger partial charge in [0, 0.05) is 10.8 Å². The summed E-state index contributed by atoms with van der Waals surface area (Å²) in [5.74, 6) is 0.476. The van der Waals surface area contributed by atoms with E-state index in [4.69, 9.17) is 16.3 Å². The topological polar surface area (TPSA) is 101 Å². The highest BCUT2D eigenvalue weighted by Gasteiger charge is 2.34. The Hall–Kier alpha value is -2.34. The third-order valence-electron chi connectivity index (χ3n) is 4.55. The predicted molar refractivity (Wildman–Crippen MR) is 134 cm³/mol. The number of aromatic nitrogens is 2. The van der Waals surface area contributed by atoms with E-state index in [1.54, 1.807) is 19.1 Å². The summed E-state index contributed by atoms with van der Waals surface area (Å²) in [7, 11) is -2.43. The molecule has 1 heterocycles. The average Bonchev–Trinajstić information content (AvgIpc) is 3.23. The van der Waals surface area contributed by atoms with Gasteiger partial charge in [-0.05, 0) is 30.2 Å². The van der Waals surface area contributed by atoms with Crippen LogP contribution in [0.25, 0.3) is 0 Å². The highest BCUT2D eigenvalue weighted by molar-refractivity contribution is 8.00. The third kappa shape index (κ3) is 6.59. The smallest absolute Gasteiger partial charge is 0.250 e. The number of methoxy groups -OCH3 is 1. The molecule has 1 amide bonds. The van der Waals surface area contributed by atoms with Gasteiger partial charge in [-0.15, -0.1) is 10.2 Å². The van der Waals surface area contributed by atoms with Crippen molar-refractivity contribution in [1.29, 1.82) is 0 Å². The molecule has 0 fully saturated rings. The van der Waals surface area contributed by atoms with Gasteiger partial charge in [0.05, 0.1) is 19.1 Å². The lowest BCUT2D eigenvalue weighted by atomic mass is 10.2. The van der Waals surface area contributed by atoms with E-state index in [0.717, 1.165) is 21.9 Å². The van der Waals surface area contributed by atoms with Crippen molar-refractivity contribution >= 4 is 61.4 Å². The average molecular weight is 527 g/mol. The van der Waals surface area contributed by atoms with Crippen LogP contribution in [0.5, 0.6) is 5.75 Å². The molecule has 0 aliphatic carbocycles. The number of anilines is 2. The quantitative estimate of drug-likeness (QED) is 0.302. The van der Waals surface area contributed by atoms with Gasteiger partial charge in [-0.25, -0.2) is 8.42 Å². The standard InChI is InChI=1S/C21H23ClN4O4S3/c1-4-16(26(33(3,28)29)17-12-15(22)10-11-18(17)30-2)19(27)23-20-24-25-21(32-20)31-13-14-8-6-5-7-9-14/h5-12,16H,4,13H2,1-3H3,(H,23,24,27)/t16-/m1/s1. The van der Waals surface area contributed by atoms with E-state index >= 15 is 0 Å². The zero-order valence-corrected chi connectivity index (χ0v) is 21.4. The first kappa shape index (κ1) is 25.3. The zero-order chi connectivity index (χ0) is 24.0. The van der Waals surface area contributed by atoms with E-state index in [9.17, 15) is 13.2 Å². The number of sulfonamides is 1. The Kier molecular flexibility index (Phi) is 8.57. The largest absolute Gasteiger partial charge is 0.495 e. The minimum atomic E-state index is -3.85. The molecular formula is C21H23ClN4O4S3. The number of ether oxygens (including phenoxy) is 1. The highest BCUT2D eigenvalue weighted by atomic mass is 35.5. The van der Waals surface area contributed by atoms with Crippen LogP contribution in [-0.2, 0) is 20.6 Å². The second-order valence-corrected chi connectivity index (χ2v) is 11.4. The van der Waals surface area contributed by atoms with Gasteiger partial charge < -0.3 is 4.74 Å². The number of benzene rings is 2. The molecule has 1 atom stereocenters. The minimum Gasteiger partial charge on any atom is -0.495 e. The number of nitrogens with one attached hydrogen (secondary N) is 1. The lowest BCUT2D eigenvalue weighted by Crippen LogP contribution is -2.47. The fourth-order valence-corrected chi connectivity index (χ4v) is 6.18. The van der Waals surface area contributed by atoms with Crippen LogP contribution in [0.3, 0.4) is 0 Å². The van der Waals surface area contributed by atoms with Crippen LogP contribution in [-0.4, -0.2) is 43.9 Å². The van der Waals surface area contributed by atoms with Crippen molar-refractivity contribution in [3.63, 3.8) is 0 Å². The Morgan fingerprint density at radius 2 is 1.97 bits per heavy atom. The van der Waals surface area contributed by atoms with Crippen LogP contribution < -0.4 is 14.4 Å². The first-order valence-corrected chi connectivity index (χ1v) is 13.9. The summed E-state index contributed by atoms with van der Waals surface area (Å²) in [5.41, 5.74) is 1.33. The van der Waals surface area contributed by atoms with Gasteiger partial charge in [0.1, 0.15) is 11.8 Å². The molecule has 0 radical (unpaired) electrons. The number of hydrogen-bond donors (Lipinski definition) is 1. The Morgan fingerprint density at radius 3 is 2.61 bits per heavy atom. The molecule has 0 saturated carbocycles. The van der Waals surface area contributed by atoms with Crippen LogP contribution in [0.15, 0.2) is 52.9 Å². The van der Waals surface area contributed by atoms with Crippen LogP contribution >= 0.6 is 34.7 Å². The number of thioether (sulfide) groups is 1. The molecule has 2 aromatic carbocycles. The molecule has 33 heavy (non-hydrogen) atoms. The molecule has 3 aromatic rings. The first-order valence-electron chi connectivity index (χ1n) is 9.87. The number of halogens is 1. The molecule has 0 bridgehead atoms. The van der Waals surface area contributed by atoms with E-state index in [1.165, 1.54) is 36.3 Å². The molecule has 1 aromatic heterocycles. The van der Waals surface area contributed by atoms with Gasteiger partial charge in [-0.3, -0.25) is 14.4 Å². The number of carbonyl (C=O) groups excluding carboxylic acids is 1. The van der Waals surface area contributed by atoms with E-state index < -0.39 is 22.0 Å². The fourth-order valence-electron chi connectivity index (χ4n) is 3.10. The summed E-state index contributed by atoms with van der Waals surface area (Å²) in [6.07, 6.45) is 1.25. The molecule has 3 rings (SSSR count). The molecule has 1 N–H and O–H groups in total. The molecule has 0 aliphatic heterocycles. The number of rotatable bonds is 10. The van der Waals surface area contributed by atoms with E-state index in [-0.39, 0.29) is 17.9 Å². The Morgan fingerprint density at radius 1 is 1.24 bits per heavy atom. The maximum atomic E-state index is 13.1. The fraction of sp³-hybridized carbons (Fsp3) is 0.286. The number of amides is 1. The molecule has 8 nitrogen and oxygen atoms in total. The zero-order valence-electron chi connectivity index (χ0n) is 18.2. The van der Waals surface area contributed by atoms with Gasteiger partial charge in [0.2, 0.25) is 21.1 Å². The number of carbonyl (C=O) groups is 1. The van der Waals surface area contributed by atoms with Crippen molar-refractivity contribution in [3.8, 4) is 5.75 Å². The van der Waals surface area contributed by atoms with Gasteiger partial charge in [-0.1, -0.05) is 72.0 Å². The Labute approximate surface area is 206 Å². The summed E-state index contributed by atoms with van der Waals surface area (Å²) in [6, 6.07) is 13.5. The summed E-state index contributed by atoms with van der Waals surface area (Å²) >= 11 is 8.84. The Bertz CT molecular complexity index is 1210. The number of nitrogens with zero attached hydrogens (tertiary/aromatic N) is 3. The first-order chi connectivity index (χ1) is 15.7. The monoisotopic (exact) mass is 526 g/mol. The van der Waals surface area contributed by atoms with E-state index in [0.29, 0.717) is 14.5 Å². The van der Waals surface area contributed by atoms with Crippen LogP contribution in [0.2, 0.25) is 5.02 Å². The molecule has 0 saturated heterocycles. The maximum Gasteiger partial charge on any atom is 0.250 e. The SMILES string of the molecule is CC[C@H](C(=O)Nc1nnc(SCc2ccccc2)s1)N(c1cc(Cl)ccc1OC)S(C)(=O)=O. The minimum absolute atomic E-state index is 0.186. The second-order valence-electron chi connectivity index (χ2n) is 6.94. The summed E-state index contributed by atoms with van der Waals surface area (Å²) in [6.45, 7) is 1.72. The lowest BCUT2D eigenvalue weighted by molar-refractivity contribution is -0.117. The van der Waals surface area contributed by atoms with Crippen molar-refractivity contribution in [2.45, 2.75) is 29.5 Å². The van der Waals surface area contributed by atoms with Gasteiger partial charge in [0.15, 0.2) is 4.34 Å². The van der Waals surface area contributed by atoms with Gasteiger partial charge >= 0.3 is 0 Å². The van der Waals surface area contributed by atoms with Crippen molar-refractivity contribution in [2.24, 2.45) is 0 Å². The molecule has 0 spiro atoms. The van der Waals surface area contributed by atoms with E-state index in [2.05, 4.69) is 15.5 Å². The third-order valence-corrected chi connectivity index (χ3v) is 7.99. The normalized spacial score (nSPS) is 12.2. The Balaban J connectivity index is 1.79. The van der Waals surface area contributed by atoms with Crippen LogP contribution in [0.4, 0.5) is 10.8 Å². The van der Waals surface area contributed by atoms with Crippen LogP contribution in [0.1, 0.15) is 18.9 Å². The van der Waals surface area contributed by atoms with Crippen molar-refractivity contribution in [2.75, 3.05) is 23.0 Å². The molecule has 0 aliphatic rings. The van der Waals surface area contributed by atoms with E-state index in [1.807, 2.05) is 30.3 Å². The molecule has 12 heteroatoms. The molecular weight excluding hydrogens is 504 g/mol. The maximum absolute atomic E-state index is 13.1. The van der Waals surface area contributed by atoms with Crippen molar-refractivity contribution in [1.82, 2.24) is 10.2 Å². The predicted octanol–water partition coefficient (Wildman–Crippen LogP) is 4.68. The van der Waals surface area contributed by atoms with Gasteiger partial charge in [0.25, 0.3) is 0 Å². The summed E-state index contributed by atoms with van der Waals surface area (Å²) < 4.78 is 32.5. The van der Waals surface area contributed by atoms with Crippen LogP contribution in [0, 0.1) is 0 Å². The number of hydrogen-bond acceptors (Lipinski definition) is 8. The summed E-state index contributed by atoms with van der Waals surface area (Å²) in [4.78, 5) is 13.1. The van der Waals surface area contributed by atoms with Gasteiger partial charge in [-0.2, -0.15) is 0 Å². The molecule has 0 unspecified atom stereocenters. The lowest BCUT2D eigenvalue weighted by Gasteiger charge is -2.30. The molecule has 176 valence electrons. The van der Waals surface area contributed by atoms with Crippen molar-refractivity contribution in [3.05, 3.63) is 59.1 Å².